The van der Waals surface area contributed by atoms with E-state index in [1.54, 1.807) is 7.11 Å². The predicted octanol–water partition coefficient (Wildman–Crippen LogP) is 3.24. The van der Waals surface area contributed by atoms with Crippen molar-refractivity contribution in [3.8, 4) is 5.75 Å². The molecule has 0 unspecified atom stereocenters. The minimum Gasteiger partial charge on any atom is -0.497 e. The molecule has 5 nitrogen and oxygen atoms in total. The fourth-order valence-electron chi connectivity index (χ4n) is 4.25. The van der Waals surface area contributed by atoms with Crippen LogP contribution in [0.1, 0.15) is 42.5 Å². The number of hydrogen-bond acceptors (Lipinski definition) is 3. The summed E-state index contributed by atoms with van der Waals surface area (Å²) >= 11 is 0. The van der Waals surface area contributed by atoms with Gasteiger partial charge in [-0.2, -0.15) is 5.10 Å². The number of ether oxygens (including phenoxy) is 1. The highest BCUT2D eigenvalue weighted by atomic mass is 16.5. The zero-order chi connectivity index (χ0) is 18.1. The standard InChI is InChI=1S/C21H27N3O2/c1-15-13-22-23-19(15)12-16-4-3-11-24(14-16)20(25)21(9-10-21)17-5-7-18(26-2)8-6-17/h5-8,13,16H,3-4,9-12,14H2,1-2H3,(H,22,23)/t16-/m0/s1. The topological polar surface area (TPSA) is 58.2 Å². The molecule has 1 saturated carbocycles. The number of aromatic nitrogens is 2. The van der Waals surface area contributed by atoms with E-state index in [4.69, 9.17) is 4.74 Å². The Labute approximate surface area is 154 Å². The molecule has 1 N–H and O–H groups in total. The summed E-state index contributed by atoms with van der Waals surface area (Å²) in [5, 5.41) is 7.24. The van der Waals surface area contributed by atoms with Crippen LogP contribution in [-0.4, -0.2) is 41.2 Å². The van der Waals surface area contributed by atoms with Crippen molar-refractivity contribution in [3.05, 3.63) is 47.3 Å². The van der Waals surface area contributed by atoms with Crippen molar-refractivity contribution in [1.29, 1.82) is 0 Å². The van der Waals surface area contributed by atoms with Crippen molar-refractivity contribution in [2.24, 2.45) is 5.92 Å². The Bertz CT molecular complexity index is 777. The van der Waals surface area contributed by atoms with Crippen LogP contribution in [0.3, 0.4) is 0 Å². The Morgan fingerprint density at radius 3 is 2.73 bits per heavy atom. The van der Waals surface area contributed by atoms with E-state index in [2.05, 4.69) is 34.2 Å². The molecule has 0 radical (unpaired) electrons. The van der Waals surface area contributed by atoms with E-state index in [-0.39, 0.29) is 5.41 Å². The molecule has 2 fully saturated rings. The third-order valence-corrected chi connectivity index (χ3v) is 6.03. The van der Waals surface area contributed by atoms with Crippen LogP contribution in [0.5, 0.6) is 5.75 Å². The molecule has 2 aliphatic rings. The lowest BCUT2D eigenvalue weighted by Gasteiger charge is -2.35. The number of amides is 1. The first-order chi connectivity index (χ1) is 12.6. The van der Waals surface area contributed by atoms with E-state index in [0.717, 1.165) is 50.1 Å². The first kappa shape index (κ1) is 17.1. The number of benzene rings is 1. The zero-order valence-corrected chi connectivity index (χ0v) is 15.6. The van der Waals surface area contributed by atoms with Crippen LogP contribution in [0.2, 0.25) is 0 Å². The molecule has 138 valence electrons. The molecule has 1 aliphatic carbocycles. The summed E-state index contributed by atoms with van der Waals surface area (Å²) in [5.74, 6) is 1.66. The van der Waals surface area contributed by atoms with Crippen molar-refractivity contribution in [2.45, 2.75) is 44.4 Å². The van der Waals surface area contributed by atoms with Crippen molar-refractivity contribution in [1.82, 2.24) is 15.1 Å². The van der Waals surface area contributed by atoms with Crippen LogP contribution in [0.25, 0.3) is 0 Å². The lowest BCUT2D eigenvalue weighted by Crippen LogP contribution is -2.45. The third kappa shape index (κ3) is 3.11. The molecular weight excluding hydrogens is 326 g/mol. The quantitative estimate of drug-likeness (QED) is 0.898. The van der Waals surface area contributed by atoms with Crippen molar-refractivity contribution < 1.29 is 9.53 Å². The molecule has 0 bridgehead atoms. The molecule has 0 spiro atoms. The predicted molar refractivity (Wildman–Crippen MR) is 100 cm³/mol. The van der Waals surface area contributed by atoms with Crippen LogP contribution in [-0.2, 0) is 16.6 Å². The van der Waals surface area contributed by atoms with Gasteiger partial charge >= 0.3 is 0 Å². The van der Waals surface area contributed by atoms with Gasteiger partial charge < -0.3 is 9.64 Å². The molecule has 1 saturated heterocycles. The first-order valence-corrected chi connectivity index (χ1v) is 9.55. The van der Waals surface area contributed by atoms with E-state index in [1.807, 2.05) is 18.3 Å². The van der Waals surface area contributed by atoms with E-state index in [0.29, 0.717) is 11.8 Å². The van der Waals surface area contributed by atoms with Gasteiger partial charge in [-0.15, -0.1) is 0 Å². The normalized spacial score (nSPS) is 21.5. The smallest absolute Gasteiger partial charge is 0.233 e. The van der Waals surface area contributed by atoms with Crippen LogP contribution < -0.4 is 4.74 Å². The molecule has 26 heavy (non-hydrogen) atoms. The summed E-state index contributed by atoms with van der Waals surface area (Å²) < 4.78 is 5.25. The minimum absolute atomic E-state index is 0.294. The van der Waals surface area contributed by atoms with Crippen molar-refractivity contribution >= 4 is 5.91 Å². The molecule has 4 rings (SSSR count). The fourth-order valence-corrected chi connectivity index (χ4v) is 4.25. The number of carbonyl (C=O) groups is 1. The summed E-state index contributed by atoms with van der Waals surface area (Å²) in [6.45, 7) is 3.83. The number of H-pyrrole nitrogens is 1. The summed E-state index contributed by atoms with van der Waals surface area (Å²) in [4.78, 5) is 15.4. The van der Waals surface area contributed by atoms with E-state index < -0.39 is 0 Å². The van der Waals surface area contributed by atoms with Crippen LogP contribution in [0.15, 0.2) is 30.5 Å². The number of aryl methyl sites for hydroxylation is 1. The van der Waals surface area contributed by atoms with Crippen molar-refractivity contribution in [2.75, 3.05) is 20.2 Å². The maximum atomic E-state index is 13.3. The maximum absolute atomic E-state index is 13.3. The molecule has 1 amide bonds. The van der Waals surface area contributed by atoms with Crippen LogP contribution in [0.4, 0.5) is 0 Å². The number of likely N-dealkylation sites (tertiary alicyclic amines) is 1. The lowest BCUT2D eigenvalue weighted by atomic mass is 9.89. The summed E-state index contributed by atoms with van der Waals surface area (Å²) in [6, 6.07) is 8.03. The van der Waals surface area contributed by atoms with Gasteiger partial charge in [-0.25, -0.2) is 0 Å². The van der Waals surface area contributed by atoms with Crippen molar-refractivity contribution in [3.63, 3.8) is 0 Å². The van der Waals surface area contributed by atoms with Gasteiger partial charge in [-0.3, -0.25) is 9.89 Å². The number of carbonyl (C=O) groups excluding carboxylic acids is 1. The van der Waals surface area contributed by atoms with Gasteiger partial charge in [0.1, 0.15) is 5.75 Å². The maximum Gasteiger partial charge on any atom is 0.233 e. The van der Waals surface area contributed by atoms with Gasteiger partial charge in [0.2, 0.25) is 5.91 Å². The molecule has 1 atom stereocenters. The van der Waals surface area contributed by atoms with Gasteiger partial charge in [0.05, 0.1) is 18.7 Å². The second-order valence-corrected chi connectivity index (χ2v) is 7.81. The van der Waals surface area contributed by atoms with E-state index in [1.165, 1.54) is 17.7 Å². The van der Waals surface area contributed by atoms with Gasteiger partial charge in [-0.1, -0.05) is 12.1 Å². The third-order valence-electron chi connectivity index (χ3n) is 6.03. The average Bonchev–Trinajstić information content (AvgIpc) is 3.40. The number of nitrogens with one attached hydrogen (secondary N) is 1. The van der Waals surface area contributed by atoms with Gasteiger partial charge in [0.25, 0.3) is 0 Å². The number of hydrogen-bond donors (Lipinski definition) is 1. The highest BCUT2D eigenvalue weighted by Gasteiger charge is 2.53. The largest absolute Gasteiger partial charge is 0.497 e. The Balaban J connectivity index is 1.46. The summed E-state index contributed by atoms with van der Waals surface area (Å²) in [6.07, 6.45) is 7.03. The van der Waals surface area contributed by atoms with Gasteiger partial charge in [0, 0.05) is 18.8 Å². The molecule has 1 aromatic heterocycles. The number of aromatic amines is 1. The fraction of sp³-hybridized carbons (Fsp3) is 0.524. The van der Waals surface area contributed by atoms with E-state index >= 15 is 0 Å². The number of piperidine rings is 1. The van der Waals surface area contributed by atoms with Crippen LogP contribution >= 0.6 is 0 Å². The molecule has 1 aliphatic heterocycles. The zero-order valence-electron chi connectivity index (χ0n) is 15.6. The average molecular weight is 353 g/mol. The Morgan fingerprint density at radius 2 is 2.12 bits per heavy atom. The molecule has 1 aromatic carbocycles. The Kier molecular flexibility index (Phi) is 4.47. The minimum atomic E-state index is -0.294. The SMILES string of the molecule is COc1ccc(C2(C(=O)N3CCC[C@@H](Cc4[nH]ncc4C)C3)CC2)cc1. The number of rotatable bonds is 5. The summed E-state index contributed by atoms with van der Waals surface area (Å²) in [5.41, 5.74) is 3.26. The second kappa shape index (κ2) is 6.78. The molecule has 5 heteroatoms. The van der Waals surface area contributed by atoms with E-state index in [9.17, 15) is 4.79 Å². The Hall–Kier alpha value is -2.30. The molecule has 2 heterocycles. The Morgan fingerprint density at radius 1 is 1.35 bits per heavy atom. The molecular formula is C21H27N3O2. The number of methoxy groups -OCH3 is 1. The monoisotopic (exact) mass is 353 g/mol. The first-order valence-electron chi connectivity index (χ1n) is 9.55. The molecule has 2 aromatic rings. The second-order valence-electron chi connectivity index (χ2n) is 7.81. The lowest BCUT2D eigenvalue weighted by molar-refractivity contribution is -0.135. The van der Waals surface area contributed by atoms with Gasteiger partial charge in [-0.05, 0) is 68.2 Å². The van der Waals surface area contributed by atoms with Gasteiger partial charge in [0.15, 0.2) is 0 Å². The number of nitrogens with zero attached hydrogens (tertiary/aromatic N) is 2. The summed E-state index contributed by atoms with van der Waals surface area (Å²) in [7, 11) is 1.67. The highest BCUT2D eigenvalue weighted by molar-refractivity contribution is 5.91. The highest BCUT2D eigenvalue weighted by Crippen LogP contribution is 2.50. The van der Waals surface area contributed by atoms with Crippen LogP contribution in [0, 0.1) is 12.8 Å².